The normalized spacial score (nSPS) is 23.9. The predicted octanol–water partition coefficient (Wildman–Crippen LogP) is 6.96. The first-order valence-corrected chi connectivity index (χ1v) is 20.7. The van der Waals surface area contributed by atoms with E-state index in [0.29, 0.717) is 24.3 Å². The van der Waals surface area contributed by atoms with E-state index in [1.54, 1.807) is 11.8 Å². The second-order valence-corrected chi connectivity index (χ2v) is 15.8. The van der Waals surface area contributed by atoms with Crippen LogP contribution in [0, 0.1) is 5.92 Å². The van der Waals surface area contributed by atoms with Gasteiger partial charge in [-0.2, -0.15) is 0 Å². The Morgan fingerprint density at radius 3 is 2.02 bits per heavy atom. The highest BCUT2D eigenvalue weighted by Gasteiger charge is 2.39. The number of carboxylic acid groups (broad SMARTS) is 1. The monoisotopic (exact) mass is 766 g/mol. The highest BCUT2D eigenvalue weighted by molar-refractivity contribution is 5.86. The maximum absolute atomic E-state index is 13.8. The van der Waals surface area contributed by atoms with Crippen LogP contribution in [0.4, 0.5) is 4.79 Å². The van der Waals surface area contributed by atoms with Crippen molar-refractivity contribution in [2.75, 3.05) is 33.3 Å². The molecule has 1 aromatic carbocycles. The van der Waals surface area contributed by atoms with E-state index in [4.69, 9.17) is 9.72 Å². The number of methoxy groups -OCH3 is 1. The lowest BCUT2D eigenvalue weighted by atomic mass is 9.84. The van der Waals surface area contributed by atoms with Crippen molar-refractivity contribution in [2.24, 2.45) is 5.92 Å². The fourth-order valence-corrected chi connectivity index (χ4v) is 9.41. The summed E-state index contributed by atoms with van der Waals surface area (Å²) in [5, 5.41) is 11.7. The second kappa shape index (κ2) is 17.6. The van der Waals surface area contributed by atoms with E-state index in [1.807, 2.05) is 12.4 Å². The molecule has 2 aliphatic carbocycles. The van der Waals surface area contributed by atoms with E-state index >= 15 is 0 Å². The molecule has 13 nitrogen and oxygen atoms in total. The third kappa shape index (κ3) is 8.34. The van der Waals surface area contributed by atoms with Crippen LogP contribution in [0.5, 0.6) is 0 Å². The van der Waals surface area contributed by atoms with Gasteiger partial charge in [-0.1, -0.05) is 50.3 Å². The number of imidazole rings is 2. The molecule has 0 unspecified atom stereocenters. The van der Waals surface area contributed by atoms with Gasteiger partial charge in [0.1, 0.15) is 17.7 Å². The van der Waals surface area contributed by atoms with Crippen molar-refractivity contribution in [2.45, 2.75) is 115 Å². The molecule has 2 saturated heterocycles. The average molecular weight is 767 g/mol. The summed E-state index contributed by atoms with van der Waals surface area (Å²) in [7, 11) is 1.46. The number of aromatic amines is 2. The summed E-state index contributed by atoms with van der Waals surface area (Å²) in [5.41, 5.74) is 6.54. The van der Waals surface area contributed by atoms with E-state index in [2.05, 4.69) is 80.3 Å². The molecule has 300 valence electrons. The van der Waals surface area contributed by atoms with Crippen LogP contribution in [0.2, 0.25) is 0 Å². The van der Waals surface area contributed by atoms with Crippen molar-refractivity contribution in [1.29, 1.82) is 0 Å². The summed E-state index contributed by atoms with van der Waals surface area (Å²) in [5.74, 6) is 1.71. The maximum atomic E-state index is 13.8. The van der Waals surface area contributed by atoms with Gasteiger partial charge in [-0.05, 0) is 106 Å². The van der Waals surface area contributed by atoms with Crippen LogP contribution in [0.1, 0.15) is 120 Å². The number of nitrogens with one attached hydrogen (secondary N) is 3. The van der Waals surface area contributed by atoms with E-state index in [9.17, 15) is 19.5 Å². The first-order valence-electron chi connectivity index (χ1n) is 20.7. The van der Waals surface area contributed by atoms with Crippen molar-refractivity contribution in [1.82, 2.24) is 40.0 Å². The number of benzene rings is 1. The molecule has 3 amide bonds. The quantitative estimate of drug-likeness (QED) is 0.145. The molecule has 2 aliphatic heterocycles. The predicted molar refractivity (Wildman–Crippen MR) is 215 cm³/mol. The van der Waals surface area contributed by atoms with Crippen molar-refractivity contribution < 1.29 is 24.2 Å². The minimum absolute atomic E-state index is 0.00754. The number of amides is 3. The molecule has 4 N–H and O–H groups in total. The van der Waals surface area contributed by atoms with Gasteiger partial charge in [0.2, 0.25) is 11.8 Å². The number of ether oxygens (including phenoxy) is 1. The minimum atomic E-state index is -1.26. The van der Waals surface area contributed by atoms with Gasteiger partial charge in [-0.25, -0.2) is 14.8 Å². The van der Waals surface area contributed by atoms with Gasteiger partial charge in [0.15, 0.2) is 0 Å². The smallest absolute Gasteiger partial charge is 0.405 e. The Hall–Kier alpha value is -4.75. The molecular formula is C43H58N8O5. The lowest BCUT2D eigenvalue weighted by molar-refractivity contribution is -0.138. The van der Waals surface area contributed by atoms with E-state index < -0.39 is 18.2 Å². The zero-order chi connectivity index (χ0) is 39.3. The van der Waals surface area contributed by atoms with Gasteiger partial charge in [-0.15, -0.1) is 0 Å². The van der Waals surface area contributed by atoms with Gasteiger partial charge >= 0.3 is 6.09 Å². The molecule has 3 fully saturated rings. The number of allylic oxidation sites excluding steroid dienone is 4. The lowest BCUT2D eigenvalue weighted by Crippen LogP contribution is -2.53. The summed E-state index contributed by atoms with van der Waals surface area (Å²) in [6, 6.07) is 7.96. The van der Waals surface area contributed by atoms with Crippen LogP contribution in [-0.2, 0) is 14.3 Å². The molecule has 3 aromatic rings. The third-order valence-electron chi connectivity index (χ3n) is 12.7. The van der Waals surface area contributed by atoms with Gasteiger partial charge < -0.3 is 39.8 Å². The number of likely N-dealkylation sites (tertiary alicyclic amines) is 2. The Morgan fingerprint density at radius 2 is 1.41 bits per heavy atom. The largest absolute Gasteiger partial charge is 0.465 e. The summed E-state index contributed by atoms with van der Waals surface area (Å²) < 4.78 is 5.31. The minimum Gasteiger partial charge on any atom is -0.465 e. The number of aromatic nitrogens is 4. The summed E-state index contributed by atoms with van der Waals surface area (Å²) in [6.45, 7) is 9.63. The molecule has 2 aromatic heterocycles. The molecule has 13 heteroatoms. The van der Waals surface area contributed by atoms with Crippen LogP contribution in [0.3, 0.4) is 0 Å². The van der Waals surface area contributed by atoms with Crippen molar-refractivity contribution in [3.05, 3.63) is 71.7 Å². The summed E-state index contributed by atoms with van der Waals surface area (Å²) in [6.07, 6.45) is 15.6. The van der Waals surface area contributed by atoms with Gasteiger partial charge in [0.05, 0.1) is 42.0 Å². The molecule has 4 atom stereocenters. The third-order valence-corrected chi connectivity index (χ3v) is 12.7. The Morgan fingerprint density at radius 1 is 0.839 bits per heavy atom. The number of rotatable bonds is 13. The molecule has 7 rings (SSSR count). The van der Waals surface area contributed by atoms with E-state index in [0.717, 1.165) is 112 Å². The maximum Gasteiger partial charge on any atom is 0.405 e. The molecular weight excluding hydrogens is 709 g/mol. The molecule has 4 aliphatic rings. The van der Waals surface area contributed by atoms with E-state index in [1.165, 1.54) is 18.2 Å². The molecule has 4 heterocycles. The first kappa shape index (κ1) is 39.5. The highest BCUT2D eigenvalue weighted by atomic mass is 16.5. The SMILES string of the molecule is CCN(CC)C1CCC(C(=O)N2CCC[C@H]2c2ncc(-c3ccc(C4=CC=C(c5cnc([C@@H]6CCCN6C(=O)[C@@H](NC(=O)O)[C@@H](C)OC)[nH]5)CC4)cc3)[nH]2)CC1. The van der Waals surface area contributed by atoms with Crippen molar-refractivity contribution >= 4 is 29.1 Å². The topological polar surface area (TPSA) is 160 Å². The second-order valence-electron chi connectivity index (χ2n) is 15.8. The summed E-state index contributed by atoms with van der Waals surface area (Å²) in [4.78, 5) is 61.5. The molecule has 0 radical (unpaired) electrons. The van der Waals surface area contributed by atoms with Gasteiger partial charge in [0.25, 0.3) is 0 Å². The Kier molecular flexibility index (Phi) is 12.4. The van der Waals surface area contributed by atoms with Crippen LogP contribution in [0.15, 0.2) is 48.8 Å². The summed E-state index contributed by atoms with van der Waals surface area (Å²) >= 11 is 0. The Labute approximate surface area is 330 Å². The van der Waals surface area contributed by atoms with E-state index in [-0.39, 0.29) is 23.9 Å². The number of nitrogens with zero attached hydrogens (tertiary/aromatic N) is 5. The number of hydrogen-bond acceptors (Lipinski definition) is 7. The average Bonchev–Trinajstić information content (AvgIpc) is 4.07. The molecule has 1 saturated carbocycles. The molecule has 0 bridgehead atoms. The zero-order valence-electron chi connectivity index (χ0n) is 33.3. The number of hydrogen-bond donors (Lipinski definition) is 4. The van der Waals surface area contributed by atoms with Gasteiger partial charge in [0, 0.05) is 32.2 Å². The van der Waals surface area contributed by atoms with Crippen molar-refractivity contribution in [3.8, 4) is 11.3 Å². The van der Waals surface area contributed by atoms with Crippen LogP contribution in [-0.4, -0.2) is 109 Å². The standard InChI is InChI=1S/C43H58N8O5/c1-5-49(6-2)33-21-19-32(20-22-33)41(52)50-23-7-9-36(50)39-44-25-34(46-39)30-15-11-28(12-16-30)29-13-17-31(18-14-29)35-26-45-40(47-35)37-10-8-24-51(37)42(53)38(27(3)56-4)48-43(54)55/h11-13,15-17,25-27,32-33,36-38,48H,5-10,14,18-24H2,1-4H3,(H,44,46)(H,45,47)(H,54,55)/t27-,32?,33?,36+,37+,38+/m1/s1. The fraction of sp³-hybridized carbons (Fsp3) is 0.558. The highest BCUT2D eigenvalue weighted by Crippen LogP contribution is 2.38. The number of carbonyl (C=O) groups is 3. The van der Waals surface area contributed by atoms with Gasteiger partial charge in [-0.3, -0.25) is 9.59 Å². The Bertz CT molecular complexity index is 1900. The molecule has 56 heavy (non-hydrogen) atoms. The first-order chi connectivity index (χ1) is 27.2. The van der Waals surface area contributed by atoms with Crippen LogP contribution >= 0.6 is 0 Å². The number of carbonyl (C=O) groups excluding carboxylic acids is 2. The number of H-pyrrole nitrogens is 2. The molecule has 0 spiro atoms. The zero-order valence-corrected chi connectivity index (χ0v) is 33.3. The lowest BCUT2D eigenvalue weighted by Gasteiger charge is -2.37. The van der Waals surface area contributed by atoms with Crippen molar-refractivity contribution in [3.63, 3.8) is 0 Å². The van der Waals surface area contributed by atoms with Crippen LogP contribution in [0.25, 0.3) is 22.4 Å². The van der Waals surface area contributed by atoms with Crippen LogP contribution < -0.4 is 5.32 Å². The fourth-order valence-electron chi connectivity index (χ4n) is 9.41. The Balaban J connectivity index is 0.968.